The number of benzene rings is 1. The standard InChI is InChI=1S/C19H20N4O2/c1-23(2)19(25)17(11-13-7-4-3-5-8-13)22-18(24)16-12-15-14(21-16)9-6-10-20-15/h3-10,12,17,21H,11H2,1-2H3,(H,22,24)/t17-/m0/s1. The van der Waals surface area contributed by atoms with Crippen molar-refractivity contribution < 1.29 is 9.59 Å². The van der Waals surface area contributed by atoms with Crippen molar-refractivity contribution in [2.75, 3.05) is 14.1 Å². The number of amides is 2. The van der Waals surface area contributed by atoms with E-state index >= 15 is 0 Å². The maximum Gasteiger partial charge on any atom is 0.268 e. The summed E-state index contributed by atoms with van der Waals surface area (Å²) in [5.74, 6) is -0.472. The van der Waals surface area contributed by atoms with Crippen LogP contribution in [0.4, 0.5) is 0 Å². The molecule has 0 aliphatic rings. The molecule has 0 radical (unpaired) electrons. The zero-order valence-electron chi connectivity index (χ0n) is 14.2. The highest BCUT2D eigenvalue weighted by atomic mass is 16.2. The van der Waals surface area contributed by atoms with Crippen molar-refractivity contribution >= 4 is 22.8 Å². The van der Waals surface area contributed by atoms with Gasteiger partial charge < -0.3 is 15.2 Å². The SMILES string of the molecule is CN(C)C(=O)[C@H](Cc1ccccc1)NC(=O)c1cc2ncccc2[nH]1. The van der Waals surface area contributed by atoms with Crippen molar-refractivity contribution in [3.05, 3.63) is 66.0 Å². The molecule has 6 nitrogen and oxygen atoms in total. The number of pyridine rings is 1. The summed E-state index contributed by atoms with van der Waals surface area (Å²) in [5, 5.41) is 2.83. The van der Waals surface area contributed by atoms with Crippen LogP contribution < -0.4 is 5.32 Å². The van der Waals surface area contributed by atoms with Crippen LogP contribution in [0, 0.1) is 0 Å². The number of likely N-dealkylation sites (N-methyl/N-ethyl adjacent to an activating group) is 1. The van der Waals surface area contributed by atoms with Gasteiger partial charge in [-0.05, 0) is 23.8 Å². The lowest BCUT2D eigenvalue weighted by atomic mass is 10.0. The summed E-state index contributed by atoms with van der Waals surface area (Å²) in [5.41, 5.74) is 2.87. The Morgan fingerprint density at radius 1 is 1.16 bits per heavy atom. The van der Waals surface area contributed by atoms with Gasteiger partial charge in [-0.1, -0.05) is 30.3 Å². The average molecular weight is 336 g/mol. The lowest BCUT2D eigenvalue weighted by Gasteiger charge is -2.21. The number of carbonyl (C=O) groups excluding carboxylic acids is 2. The molecule has 0 saturated carbocycles. The molecule has 1 atom stereocenters. The summed E-state index contributed by atoms with van der Waals surface area (Å²) in [4.78, 5) is 33.8. The maximum atomic E-state index is 12.6. The lowest BCUT2D eigenvalue weighted by molar-refractivity contribution is -0.130. The highest BCUT2D eigenvalue weighted by Gasteiger charge is 2.24. The van der Waals surface area contributed by atoms with Gasteiger partial charge in [-0.2, -0.15) is 0 Å². The van der Waals surface area contributed by atoms with Crippen LogP contribution in [0.2, 0.25) is 0 Å². The zero-order valence-corrected chi connectivity index (χ0v) is 14.2. The van der Waals surface area contributed by atoms with Crippen LogP contribution in [0.15, 0.2) is 54.7 Å². The summed E-state index contributed by atoms with van der Waals surface area (Å²) in [6, 6.07) is 14.3. The summed E-state index contributed by atoms with van der Waals surface area (Å²) >= 11 is 0. The van der Waals surface area contributed by atoms with E-state index in [2.05, 4.69) is 15.3 Å². The number of carbonyl (C=O) groups is 2. The van der Waals surface area contributed by atoms with Gasteiger partial charge in [-0.15, -0.1) is 0 Å². The summed E-state index contributed by atoms with van der Waals surface area (Å²) < 4.78 is 0. The summed E-state index contributed by atoms with van der Waals surface area (Å²) in [7, 11) is 3.36. The van der Waals surface area contributed by atoms with E-state index in [1.807, 2.05) is 36.4 Å². The predicted octanol–water partition coefficient (Wildman–Crippen LogP) is 1.99. The van der Waals surface area contributed by atoms with Gasteiger partial charge in [0.2, 0.25) is 5.91 Å². The number of H-pyrrole nitrogens is 1. The molecule has 2 heterocycles. The van der Waals surface area contributed by atoms with Gasteiger partial charge in [0.25, 0.3) is 5.91 Å². The van der Waals surface area contributed by atoms with Gasteiger partial charge in [0.1, 0.15) is 11.7 Å². The number of hydrogen-bond donors (Lipinski definition) is 2. The molecule has 0 bridgehead atoms. The number of aromatic nitrogens is 2. The van der Waals surface area contributed by atoms with Gasteiger partial charge in [-0.25, -0.2) is 0 Å². The summed E-state index contributed by atoms with van der Waals surface area (Å²) in [6.07, 6.45) is 2.10. The Balaban J connectivity index is 1.81. The van der Waals surface area contributed by atoms with Crippen LogP contribution in [0.25, 0.3) is 11.0 Å². The minimum Gasteiger partial charge on any atom is -0.349 e. The van der Waals surface area contributed by atoms with Crippen molar-refractivity contribution in [1.82, 2.24) is 20.2 Å². The van der Waals surface area contributed by atoms with Crippen LogP contribution in [-0.4, -0.2) is 46.8 Å². The third kappa shape index (κ3) is 3.85. The molecule has 2 amide bonds. The largest absolute Gasteiger partial charge is 0.349 e. The first-order valence-corrected chi connectivity index (χ1v) is 8.04. The number of nitrogens with zero attached hydrogens (tertiary/aromatic N) is 2. The Bertz CT molecular complexity index is 854. The molecule has 0 unspecified atom stereocenters. The molecule has 3 aromatic rings. The molecule has 25 heavy (non-hydrogen) atoms. The molecule has 3 rings (SSSR count). The van der Waals surface area contributed by atoms with Crippen LogP contribution in [-0.2, 0) is 11.2 Å². The molecule has 0 spiro atoms. The quantitative estimate of drug-likeness (QED) is 0.748. The second-order valence-electron chi connectivity index (χ2n) is 6.07. The fourth-order valence-electron chi connectivity index (χ4n) is 2.68. The van der Waals surface area contributed by atoms with E-state index < -0.39 is 6.04 Å². The first-order chi connectivity index (χ1) is 12.0. The fourth-order valence-corrected chi connectivity index (χ4v) is 2.68. The van der Waals surface area contributed by atoms with Gasteiger partial charge in [-0.3, -0.25) is 14.6 Å². The highest BCUT2D eigenvalue weighted by molar-refractivity contribution is 5.99. The van der Waals surface area contributed by atoms with Crippen molar-refractivity contribution in [2.45, 2.75) is 12.5 Å². The Morgan fingerprint density at radius 2 is 1.92 bits per heavy atom. The van der Waals surface area contributed by atoms with Crippen molar-refractivity contribution in [2.24, 2.45) is 0 Å². The molecule has 0 saturated heterocycles. The summed E-state index contributed by atoms with van der Waals surface area (Å²) in [6.45, 7) is 0. The highest BCUT2D eigenvalue weighted by Crippen LogP contribution is 2.13. The number of aromatic amines is 1. The smallest absolute Gasteiger partial charge is 0.268 e. The first kappa shape index (κ1) is 16.7. The Kier molecular flexibility index (Phi) is 4.79. The first-order valence-electron chi connectivity index (χ1n) is 8.04. The topological polar surface area (TPSA) is 78.1 Å². The predicted molar refractivity (Wildman–Crippen MR) is 96.2 cm³/mol. The van der Waals surface area contributed by atoms with E-state index in [0.717, 1.165) is 11.1 Å². The van der Waals surface area contributed by atoms with E-state index in [0.29, 0.717) is 17.6 Å². The monoisotopic (exact) mass is 336 g/mol. The normalized spacial score (nSPS) is 11.9. The van der Waals surface area contributed by atoms with E-state index in [9.17, 15) is 9.59 Å². The van der Waals surface area contributed by atoms with E-state index in [1.54, 1.807) is 32.4 Å². The van der Waals surface area contributed by atoms with Crippen molar-refractivity contribution in [3.8, 4) is 0 Å². The average Bonchev–Trinajstić information content (AvgIpc) is 3.05. The van der Waals surface area contributed by atoms with Crippen molar-refractivity contribution in [3.63, 3.8) is 0 Å². The van der Waals surface area contributed by atoms with Crippen LogP contribution in [0.3, 0.4) is 0 Å². The van der Waals surface area contributed by atoms with Crippen LogP contribution in [0.1, 0.15) is 16.1 Å². The Hall–Kier alpha value is -3.15. The molecule has 0 aliphatic carbocycles. The molecular formula is C19H20N4O2. The molecule has 0 aliphatic heterocycles. The fraction of sp³-hybridized carbons (Fsp3) is 0.211. The van der Waals surface area contributed by atoms with Gasteiger partial charge in [0, 0.05) is 26.7 Å². The Labute approximate surface area is 145 Å². The van der Waals surface area contributed by atoms with E-state index in [-0.39, 0.29) is 11.8 Å². The molecule has 6 heteroatoms. The second-order valence-corrected chi connectivity index (χ2v) is 6.07. The molecule has 1 aromatic carbocycles. The number of hydrogen-bond acceptors (Lipinski definition) is 3. The number of rotatable bonds is 5. The molecule has 2 N–H and O–H groups in total. The second kappa shape index (κ2) is 7.17. The van der Waals surface area contributed by atoms with Gasteiger partial charge in [0.15, 0.2) is 0 Å². The lowest BCUT2D eigenvalue weighted by Crippen LogP contribution is -2.47. The zero-order chi connectivity index (χ0) is 17.8. The van der Waals surface area contributed by atoms with Gasteiger partial charge in [0.05, 0.1) is 11.0 Å². The third-order valence-corrected chi connectivity index (χ3v) is 3.96. The Morgan fingerprint density at radius 3 is 2.60 bits per heavy atom. The van der Waals surface area contributed by atoms with Crippen molar-refractivity contribution in [1.29, 1.82) is 0 Å². The molecule has 0 fully saturated rings. The van der Waals surface area contributed by atoms with E-state index in [4.69, 9.17) is 0 Å². The maximum absolute atomic E-state index is 12.6. The minimum atomic E-state index is -0.635. The van der Waals surface area contributed by atoms with E-state index in [1.165, 1.54) is 4.90 Å². The van der Waals surface area contributed by atoms with Crippen LogP contribution in [0.5, 0.6) is 0 Å². The number of nitrogens with one attached hydrogen (secondary N) is 2. The third-order valence-electron chi connectivity index (χ3n) is 3.96. The molecular weight excluding hydrogens is 316 g/mol. The molecule has 128 valence electrons. The molecule has 2 aromatic heterocycles. The number of fused-ring (bicyclic) bond motifs is 1. The van der Waals surface area contributed by atoms with Gasteiger partial charge >= 0.3 is 0 Å². The minimum absolute atomic E-state index is 0.147. The van der Waals surface area contributed by atoms with Crippen LogP contribution >= 0.6 is 0 Å².